The molecule has 8 heteroatoms. The van der Waals surface area contributed by atoms with E-state index in [1.54, 1.807) is 17.0 Å². The second-order valence-corrected chi connectivity index (χ2v) is 10.2. The van der Waals surface area contributed by atoms with Gasteiger partial charge >= 0.3 is 0 Å². The lowest BCUT2D eigenvalue weighted by Gasteiger charge is -2.14. The van der Waals surface area contributed by atoms with E-state index in [0.29, 0.717) is 34.3 Å². The van der Waals surface area contributed by atoms with E-state index in [1.165, 1.54) is 5.56 Å². The Labute approximate surface area is 233 Å². The Morgan fingerprint density at radius 1 is 0.974 bits per heavy atom. The summed E-state index contributed by atoms with van der Waals surface area (Å²) < 4.78 is 1.66. The number of hydrogen-bond donors (Lipinski definition) is 1. The Morgan fingerprint density at radius 2 is 1.77 bits per heavy atom. The van der Waals surface area contributed by atoms with E-state index < -0.39 is 0 Å². The molecule has 3 heterocycles. The molecular formula is C31H31ClN6O. The number of nitrogens with one attached hydrogen (secondary N) is 1. The highest BCUT2D eigenvalue weighted by molar-refractivity contribution is 6.33. The molecule has 0 aliphatic rings. The lowest BCUT2D eigenvalue weighted by Crippen LogP contribution is -2.22. The molecule has 0 aliphatic heterocycles. The highest BCUT2D eigenvalue weighted by Gasteiger charge is 2.16. The van der Waals surface area contributed by atoms with E-state index in [1.807, 2.05) is 62.4 Å². The number of aromatic nitrogens is 4. The summed E-state index contributed by atoms with van der Waals surface area (Å²) in [4.78, 5) is 29.4. The maximum absolute atomic E-state index is 13.6. The number of pyridine rings is 2. The molecule has 0 spiro atoms. The first-order valence-corrected chi connectivity index (χ1v) is 13.3. The fourth-order valence-electron chi connectivity index (χ4n) is 4.63. The largest absolute Gasteiger partial charge is 0.324 e. The summed E-state index contributed by atoms with van der Waals surface area (Å²) in [5.74, 6) is 0.437. The molecule has 2 aromatic carbocycles. The van der Waals surface area contributed by atoms with Gasteiger partial charge in [-0.05, 0) is 75.8 Å². The summed E-state index contributed by atoms with van der Waals surface area (Å²) in [6, 6.07) is 19.7. The number of anilines is 2. The molecule has 5 rings (SSSR count). The maximum atomic E-state index is 13.6. The van der Waals surface area contributed by atoms with Gasteiger partial charge in [-0.3, -0.25) is 14.3 Å². The SMILES string of the molecule is CCn1c(=O)c(-c2ccc(-c3cccnc3C)cc2Cl)cc2cnc(Nc3ccc(CCN(C)C)cc3)nc21. The molecule has 0 unspecified atom stereocenters. The molecule has 3 aromatic heterocycles. The minimum Gasteiger partial charge on any atom is -0.324 e. The molecule has 0 fully saturated rings. The fourth-order valence-corrected chi connectivity index (χ4v) is 4.91. The summed E-state index contributed by atoms with van der Waals surface area (Å²) >= 11 is 6.73. The van der Waals surface area contributed by atoms with Gasteiger partial charge in [-0.2, -0.15) is 4.98 Å². The Hall–Kier alpha value is -4.07. The van der Waals surface area contributed by atoms with Crippen LogP contribution >= 0.6 is 11.6 Å². The molecule has 0 saturated carbocycles. The fraction of sp³-hybridized carbons (Fsp3) is 0.226. The third kappa shape index (κ3) is 5.70. The molecule has 0 amide bonds. The zero-order valence-electron chi connectivity index (χ0n) is 22.6. The lowest BCUT2D eigenvalue weighted by molar-refractivity contribution is 0.413. The van der Waals surface area contributed by atoms with E-state index in [2.05, 4.69) is 46.4 Å². The van der Waals surface area contributed by atoms with Crippen molar-refractivity contribution in [3.63, 3.8) is 0 Å². The van der Waals surface area contributed by atoms with Gasteiger partial charge in [0.2, 0.25) is 5.95 Å². The van der Waals surface area contributed by atoms with E-state index in [9.17, 15) is 4.79 Å². The van der Waals surface area contributed by atoms with Gasteiger partial charge in [0.25, 0.3) is 5.56 Å². The summed E-state index contributed by atoms with van der Waals surface area (Å²) in [5, 5.41) is 4.53. The van der Waals surface area contributed by atoms with Crippen molar-refractivity contribution in [2.24, 2.45) is 0 Å². The van der Waals surface area contributed by atoms with Gasteiger partial charge in [0.1, 0.15) is 5.65 Å². The van der Waals surface area contributed by atoms with E-state index in [4.69, 9.17) is 16.6 Å². The Balaban J connectivity index is 1.47. The molecule has 198 valence electrons. The standard InChI is InChI=1S/C31H31ClN6O/c1-5-38-29-23(19-34-31(36-29)35-24-11-8-21(9-12-24)14-16-37(3)4)17-27(30(38)39)26-13-10-22(18-28(26)32)25-7-6-15-33-20(25)2/h6-13,15,17-19H,5,14,16H2,1-4H3,(H,34,35,36). The highest BCUT2D eigenvalue weighted by atomic mass is 35.5. The molecule has 0 atom stereocenters. The molecule has 0 aliphatic carbocycles. The van der Waals surface area contributed by atoms with Crippen molar-refractivity contribution in [1.29, 1.82) is 0 Å². The average Bonchev–Trinajstić information content (AvgIpc) is 2.93. The van der Waals surface area contributed by atoms with Gasteiger partial charge in [0, 0.05) is 64.0 Å². The number of aryl methyl sites for hydroxylation is 2. The van der Waals surface area contributed by atoms with Crippen LogP contribution in [0.5, 0.6) is 0 Å². The van der Waals surface area contributed by atoms with Crippen LogP contribution < -0.4 is 10.9 Å². The van der Waals surface area contributed by atoms with Gasteiger partial charge < -0.3 is 10.2 Å². The van der Waals surface area contributed by atoms with Crippen molar-refractivity contribution in [2.75, 3.05) is 26.0 Å². The second kappa shape index (κ2) is 11.4. The Bertz CT molecular complexity index is 1690. The Morgan fingerprint density at radius 3 is 2.46 bits per heavy atom. The van der Waals surface area contributed by atoms with Gasteiger partial charge in [-0.15, -0.1) is 0 Å². The first kappa shape index (κ1) is 26.5. The predicted octanol–water partition coefficient (Wildman–Crippen LogP) is 6.35. The number of fused-ring (bicyclic) bond motifs is 1. The van der Waals surface area contributed by atoms with Crippen LogP contribution in [0.3, 0.4) is 0 Å². The monoisotopic (exact) mass is 538 g/mol. The van der Waals surface area contributed by atoms with Gasteiger partial charge in [0.15, 0.2) is 0 Å². The molecule has 0 bridgehead atoms. The second-order valence-electron chi connectivity index (χ2n) is 9.79. The molecule has 1 N–H and O–H groups in total. The van der Waals surface area contributed by atoms with Crippen LogP contribution in [0.2, 0.25) is 5.02 Å². The summed E-state index contributed by atoms with van der Waals surface area (Å²) in [7, 11) is 4.14. The summed E-state index contributed by atoms with van der Waals surface area (Å²) in [6.07, 6.45) is 4.50. The van der Waals surface area contributed by atoms with Crippen LogP contribution in [0.4, 0.5) is 11.6 Å². The number of rotatable bonds is 8. The van der Waals surface area contributed by atoms with Crippen molar-refractivity contribution >= 4 is 34.3 Å². The number of halogens is 1. The van der Waals surface area contributed by atoms with E-state index in [-0.39, 0.29) is 5.56 Å². The quantitative estimate of drug-likeness (QED) is 0.248. The van der Waals surface area contributed by atoms with Crippen LogP contribution in [0.1, 0.15) is 18.2 Å². The van der Waals surface area contributed by atoms with Gasteiger partial charge in [0.05, 0.1) is 0 Å². The first-order chi connectivity index (χ1) is 18.8. The Kier molecular flexibility index (Phi) is 7.72. The zero-order valence-corrected chi connectivity index (χ0v) is 23.3. The van der Waals surface area contributed by atoms with Crippen molar-refractivity contribution in [3.05, 3.63) is 99.7 Å². The van der Waals surface area contributed by atoms with Gasteiger partial charge in [-0.1, -0.05) is 41.9 Å². The predicted molar refractivity (Wildman–Crippen MR) is 160 cm³/mol. The third-order valence-corrected chi connectivity index (χ3v) is 7.09. The number of nitrogens with zero attached hydrogens (tertiary/aromatic N) is 5. The summed E-state index contributed by atoms with van der Waals surface area (Å²) in [5.41, 5.74) is 6.65. The summed E-state index contributed by atoms with van der Waals surface area (Å²) in [6.45, 7) is 5.36. The van der Waals surface area contributed by atoms with Crippen LogP contribution in [0, 0.1) is 6.92 Å². The topological polar surface area (TPSA) is 75.9 Å². The van der Waals surface area contributed by atoms with E-state index in [0.717, 1.165) is 40.9 Å². The molecule has 0 saturated heterocycles. The van der Waals surface area contributed by atoms with Crippen LogP contribution in [0.15, 0.2) is 77.9 Å². The van der Waals surface area contributed by atoms with Crippen LogP contribution in [-0.2, 0) is 13.0 Å². The molecule has 5 aromatic rings. The van der Waals surface area contributed by atoms with Crippen molar-refractivity contribution in [1.82, 2.24) is 24.4 Å². The average molecular weight is 539 g/mol. The first-order valence-electron chi connectivity index (χ1n) is 13.0. The lowest BCUT2D eigenvalue weighted by atomic mass is 9.99. The van der Waals surface area contributed by atoms with E-state index >= 15 is 0 Å². The zero-order chi connectivity index (χ0) is 27.5. The smallest absolute Gasteiger partial charge is 0.260 e. The number of hydrogen-bond acceptors (Lipinski definition) is 6. The molecule has 7 nitrogen and oxygen atoms in total. The molecule has 0 radical (unpaired) electrons. The normalized spacial score (nSPS) is 11.3. The van der Waals surface area contributed by atoms with Crippen molar-refractivity contribution < 1.29 is 0 Å². The maximum Gasteiger partial charge on any atom is 0.260 e. The molecular weight excluding hydrogens is 508 g/mol. The molecule has 39 heavy (non-hydrogen) atoms. The number of likely N-dealkylation sites (N-methyl/N-ethyl adjacent to an activating group) is 1. The highest BCUT2D eigenvalue weighted by Crippen LogP contribution is 2.33. The van der Waals surface area contributed by atoms with Crippen LogP contribution in [-0.4, -0.2) is 45.1 Å². The minimum atomic E-state index is -0.146. The third-order valence-electron chi connectivity index (χ3n) is 6.78. The minimum absolute atomic E-state index is 0.146. The van der Waals surface area contributed by atoms with Crippen molar-refractivity contribution in [2.45, 2.75) is 26.8 Å². The number of benzene rings is 2. The van der Waals surface area contributed by atoms with Crippen LogP contribution in [0.25, 0.3) is 33.3 Å². The van der Waals surface area contributed by atoms with Gasteiger partial charge in [-0.25, -0.2) is 4.98 Å². The van der Waals surface area contributed by atoms with Crippen molar-refractivity contribution in [3.8, 4) is 22.3 Å².